The van der Waals surface area contributed by atoms with Crippen molar-refractivity contribution in [2.45, 2.75) is 12.3 Å². The third kappa shape index (κ3) is 5.76. The fraction of sp³-hybridized carbons (Fsp3) is 0.125. The van der Waals surface area contributed by atoms with E-state index in [9.17, 15) is 10.4 Å². The van der Waals surface area contributed by atoms with Gasteiger partial charge in [0.05, 0.1) is 19.1 Å². The van der Waals surface area contributed by atoms with Crippen LogP contribution in [0.5, 0.6) is 11.5 Å². The van der Waals surface area contributed by atoms with E-state index in [-0.39, 0.29) is 11.7 Å². The zero-order valence-corrected chi connectivity index (χ0v) is 15.4. The van der Waals surface area contributed by atoms with Gasteiger partial charge < -0.3 is 9.84 Å². The van der Waals surface area contributed by atoms with Gasteiger partial charge in [0.2, 0.25) is 0 Å². The molecule has 0 amide bonds. The summed E-state index contributed by atoms with van der Waals surface area (Å²) < 4.78 is 4.95. The van der Waals surface area contributed by atoms with Gasteiger partial charge in [-0.25, -0.2) is 0 Å². The number of hydrogen-bond donors (Lipinski definition) is 1. The Kier molecular flexibility index (Phi) is 7.68. The van der Waals surface area contributed by atoms with Crippen LogP contribution in [0.1, 0.15) is 22.6 Å². The molecule has 0 radical (unpaired) electrons. The van der Waals surface area contributed by atoms with Crippen LogP contribution < -0.4 is 4.74 Å². The number of phenolic OH excluding ortho intramolecular Hbond substituents is 1. The molecule has 0 heterocycles. The number of nitrogens with zero attached hydrogens (tertiary/aromatic N) is 1. The van der Waals surface area contributed by atoms with Crippen molar-refractivity contribution in [3.8, 4) is 17.6 Å². The normalized spacial score (nSPS) is 9.67. The van der Waals surface area contributed by atoms with Gasteiger partial charge in [0.1, 0.15) is 0 Å². The number of allylic oxidation sites excluding steroid dienone is 1. The Morgan fingerprint density at radius 3 is 2.00 bits per heavy atom. The third-order valence-corrected chi connectivity index (χ3v) is 4.02. The van der Waals surface area contributed by atoms with Crippen LogP contribution in [0.15, 0.2) is 91.5 Å². The molecule has 3 aromatic carbocycles. The quantitative estimate of drug-likeness (QED) is 0.616. The molecule has 3 heteroatoms. The summed E-state index contributed by atoms with van der Waals surface area (Å²) in [4.78, 5) is 0. The minimum absolute atomic E-state index is 0.160. The summed E-state index contributed by atoms with van der Waals surface area (Å²) in [5.74, 6) is 0.520. The number of hydrogen-bond acceptors (Lipinski definition) is 3. The summed E-state index contributed by atoms with van der Waals surface area (Å²) >= 11 is 0. The minimum Gasteiger partial charge on any atom is -0.504 e. The highest BCUT2D eigenvalue weighted by atomic mass is 16.5. The molecule has 0 unspecified atom stereocenters. The molecule has 0 aliphatic carbocycles. The molecule has 0 saturated carbocycles. The number of methoxy groups -OCH3 is 1. The molecule has 0 saturated heterocycles. The average molecular weight is 357 g/mol. The molecular formula is C24H23NO2. The molecule has 0 aliphatic heterocycles. The monoisotopic (exact) mass is 357 g/mol. The molecule has 3 rings (SSSR count). The van der Waals surface area contributed by atoms with Gasteiger partial charge >= 0.3 is 0 Å². The first-order valence-corrected chi connectivity index (χ1v) is 8.66. The van der Waals surface area contributed by atoms with Crippen molar-refractivity contribution in [2.75, 3.05) is 7.11 Å². The van der Waals surface area contributed by atoms with Gasteiger partial charge in [-0.3, -0.25) is 0 Å². The van der Waals surface area contributed by atoms with Crippen LogP contribution in [-0.4, -0.2) is 12.2 Å². The van der Waals surface area contributed by atoms with Crippen LogP contribution >= 0.6 is 0 Å². The fourth-order valence-corrected chi connectivity index (χ4v) is 2.65. The second-order valence-electron chi connectivity index (χ2n) is 5.88. The zero-order valence-electron chi connectivity index (χ0n) is 15.4. The van der Waals surface area contributed by atoms with Gasteiger partial charge in [-0.2, -0.15) is 5.26 Å². The van der Waals surface area contributed by atoms with Gasteiger partial charge in [-0.1, -0.05) is 72.8 Å². The maximum atomic E-state index is 9.25. The van der Waals surface area contributed by atoms with Crippen molar-refractivity contribution in [2.24, 2.45) is 0 Å². The van der Waals surface area contributed by atoms with E-state index in [4.69, 9.17) is 4.74 Å². The molecule has 0 aromatic heterocycles. The van der Waals surface area contributed by atoms with E-state index in [2.05, 4.69) is 12.6 Å². The van der Waals surface area contributed by atoms with E-state index in [1.165, 1.54) is 7.11 Å². The van der Waals surface area contributed by atoms with Crippen LogP contribution in [0.3, 0.4) is 0 Å². The van der Waals surface area contributed by atoms with Crippen molar-refractivity contribution in [3.05, 3.63) is 108 Å². The van der Waals surface area contributed by atoms with Crippen LogP contribution in [0, 0.1) is 11.3 Å². The summed E-state index contributed by atoms with van der Waals surface area (Å²) in [5.41, 5.74) is 3.18. The lowest BCUT2D eigenvalue weighted by Gasteiger charge is -2.08. The number of aromatic hydroxyl groups is 1. The summed E-state index contributed by atoms with van der Waals surface area (Å²) in [5, 5.41) is 18.4. The first-order chi connectivity index (χ1) is 13.2. The van der Waals surface area contributed by atoms with Crippen LogP contribution in [0.4, 0.5) is 0 Å². The maximum absolute atomic E-state index is 9.25. The largest absolute Gasteiger partial charge is 0.504 e. The van der Waals surface area contributed by atoms with Crippen molar-refractivity contribution < 1.29 is 9.84 Å². The Morgan fingerprint density at radius 2 is 1.56 bits per heavy atom. The van der Waals surface area contributed by atoms with Gasteiger partial charge in [0.25, 0.3) is 0 Å². The zero-order chi connectivity index (χ0) is 19.5. The van der Waals surface area contributed by atoms with E-state index in [1.54, 1.807) is 12.1 Å². The van der Waals surface area contributed by atoms with E-state index in [0.29, 0.717) is 5.75 Å². The second-order valence-corrected chi connectivity index (χ2v) is 5.88. The lowest BCUT2D eigenvalue weighted by Crippen LogP contribution is -1.96. The second kappa shape index (κ2) is 10.5. The highest BCUT2D eigenvalue weighted by molar-refractivity contribution is 5.42. The van der Waals surface area contributed by atoms with E-state index >= 15 is 0 Å². The molecule has 0 bridgehead atoms. The maximum Gasteiger partial charge on any atom is 0.160 e. The fourth-order valence-electron chi connectivity index (χ4n) is 2.65. The van der Waals surface area contributed by atoms with E-state index in [0.717, 1.165) is 23.1 Å². The topological polar surface area (TPSA) is 53.2 Å². The average Bonchev–Trinajstić information content (AvgIpc) is 2.72. The van der Waals surface area contributed by atoms with Crippen LogP contribution in [0.2, 0.25) is 0 Å². The number of benzene rings is 3. The molecule has 3 aromatic rings. The Bertz CT molecular complexity index is 844. The lowest BCUT2D eigenvalue weighted by atomic mass is 9.93. The number of ether oxygens (including phenoxy) is 1. The third-order valence-electron chi connectivity index (χ3n) is 4.02. The van der Waals surface area contributed by atoms with Gasteiger partial charge in [0.15, 0.2) is 11.5 Å². The van der Waals surface area contributed by atoms with Gasteiger partial charge in [-0.05, 0) is 35.2 Å². The Balaban J connectivity index is 0.000000199. The molecule has 1 N–H and O–H groups in total. The van der Waals surface area contributed by atoms with Crippen molar-refractivity contribution in [3.63, 3.8) is 0 Å². The van der Waals surface area contributed by atoms with E-state index in [1.807, 2.05) is 72.8 Å². The Labute approximate surface area is 160 Å². The van der Waals surface area contributed by atoms with Crippen LogP contribution in [0.25, 0.3) is 0 Å². The van der Waals surface area contributed by atoms with Crippen molar-refractivity contribution in [1.82, 2.24) is 0 Å². The van der Waals surface area contributed by atoms with Crippen molar-refractivity contribution in [1.29, 1.82) is 5.26 Å². The SMILES string of the molecule is C=CCc1ccc(O)c(OC)c1.N#CC(c1ccccc1)c1ccccc1. The molecule has 0 atom stereocenters. The number of nitriles is 1. The predicted molar refractivity (Wildman–Crippen MR) is 109 cm³/mol. The summed E-state index contributed by atoms with van der Waals surface area (Å²) in [7, 11) is 1.53. The first kappa shape index (κ1) is 19.8. The van der Waals surface area contributed by atoms with Gasteiger partial charge in [-0.15, -0.1) is 6.58 Å². The number of rotatable bonds is 5. The standard InChI is InChI=1S/C14H11N.C10H12O2/c15-11-14(12-7-3-1-4-8-12)13-9-5-2-6-10-13;1-3-4-8-5-6-9(11)10(7-8)12-2/h1-10,14H;3,5-7,11H,1,4H2,2H3. The smallest absolute Gasteiger partial charge is 0.160 e. The summed E-state index contributed by atoms with van der Waals surface area (Å²) in [6.07, 6.45) is 2.60. The Hall–Kier alpha value is -3.51. The molecule has 27 heavy (non-hydrogen) atoms. The predicted octanol–water partition coefficient (Wildman–Crippen LogP) is 5.47. The first-order valence-electron chi connectivity index (χ1n) is 8.66. The Morgan fingerprint density at radius 1 is 1.00 bits per heavy atom. The van der Waals surface area contributed by atoms with Gasteiger partial charge in [0, 0.05) is 0 Å². The van der Waals surface area contributed by atoms with Crippen molar-refractivity contribution >= 4 is 0 Å². The molecular weight excluding hydrogens is 334 g/mol. The summed E-state index contributed by atoms with van der Waals surface area (Å²) in [6.45, 7) is 3.63. The number of phenols is 1. The summed E-state index contributed by atoms with van der Waals surface area (Å²) in [6, 6.07) is 27.3. The minimum atomic E-state index is -0.160. The molecule has 3 nitrogen and oxygen atoms in total. The molecule has 0 fully saturated rings. The molecule has 136 valence electrons. The molecule has 0 spiro atoms. The van der Waals surface area contributed by atoms with Crippen LogP contribution in [-0.2, 0) is 6.42 Å². The van der Waals surface area contributed by atoms with E-state index < -0.39 is 0 Å². The molecule has 0 aliphatic rings. The lowest BCUT2D eigenvalue weighted by molar-refractivity contribution is 0.373. The highest BCUT2D eigenvalue weighted by Gasteiger charge is 2.11. The highest BCUT2D eigenvalue weighted by Crippen LogP contribution is 2.26.